The number of ether oxygens (including phenoxy) is 1. The lowest BCUT2D eigenvalue weighted by molar-refractivity contribution is 0.0212. The van der Waals surface area contributed by atoms with Gasteiger partial charge in [-0.2, -0.15) is 0 Å². The Kier molecular flexibility index (Phi) is 3.60. The van der Waals surface area contributed by atoms with E-state index < -0.39 is 5.60 Å². The summed E-state index contributed by atoms with van der Waals surface area (Å²) in [6.07, 6.45) is 0.586. The predicted octanol–water partition coefficient (Wildman–Crippen LogP) is 1.62. The van der Waals surface area contributed by atoms with Crippen LogP contribution in [-0.4, -0.2) is 40.9 Å². The molecule has 4 nitrogen and oxygen atoms in total. The Morgan fingerprint density at radius 2 is 2.13 bits per heavy atom. The van der Waals surface area contributed by atoms with Gasteiger partial charge in [-0.25, -0.2) is 4.79 Å². The largest absolute Gasteiger partial charge is 0.444 e. The van der Waals surface area contributed by atoms with Crippen LogP contribution in [0.4, 0.5) is 4.79 Å². The summed E-state index contributed by atoms with van der Waals surface area (Å²) in [5.74, 6) is 0.192. The summed E-state index contributed by atoms with van der Waals surface area (Å²) in [7, 11) is 0. The molecule has 1 rings (SSSR count). The number of rotatable bonds is 1. The number of nitrogens with zero attached hydrogens (tertiary/aromatic N) is 1. The zero-order valence-electron chi connectivity index (χ0n) is 9.99. The maximum absolute atomic E-state index is 11.8. The van der Waals surface area contributed by atoms with Gasteiger partial charge in [0.2, 0.25) is 0 Å². The highest BCUT2D eigenvalue weighted by Gasteiger charge is 2.35. The molecular weight excluding hydrogens is 194 g/mol. The number of aliphatic hydroxyl groups is 1. The molecule has 1 N–H and O–H groups in total. The fourth-order valence-corrected chi connectivity index (χ4v) is 1.83. The minimum Gasteiger partial charge on any atom is -0.444 e. The molecule has 1 amide bonds. The monoisotopic (exact) mass is 215 g/mol. The van der Waals surface area contributed by atoms with E-state index in [-0.39, 0.29) is 24.7 Å². The summed E-state index contributed by atoms with van der Waals surface area (Å²) in [6, 6.07) is 0.0739. The molecule has 0 radical (unpaired) electrons. The molecule has 0 aromatic carbocycles. The first kappa shape index (κ1) is 12.3. The predicted molar refractivity (Wildman–Crippen MR) is 57.6 cm³/mol. The molecule has 1 aliphatic rings. The number of hydrogen-bond donors (Lipinski definition) is 1. The zero-order valence-corrected chi connectivity index (χ0v) is 9.99. The lowest BCUT2D eigenvalue weighted by Gasteiger charge is -2.28. The first-order valence-corrected chi connectivity index (χ1v) is 5.45. The molecule has 1 saturated heterocycles. The second kappa shape index (κ2) is 4.39. The number of hydrogen-bond acceptors (Lipinski definition) is 3. The number of carbonyl (C=O) groups excluding carboxylic acids is 1. The Balaban J connectivity index is 2.55. The standard InChI is InChI=1S/C11H21NO3/c1-8-9(7-13)5-6-12(8)10(14)15-11(2,3)4/h8-9,13H,5-7H2,1-4H3/t8-,9-/m1/s1. The lowest BCUT2D eigenvalue weighted by Crippen LogP contribution is -2.40. The molecule has 15 heavy (non-hydrogen) atoms. The summed E-state index contributed by atoms with van der Waals surface area (Å²) >= 11 is 0. The summed E-state index contributed by atoms with van der Waals surface area (Å²) in [4.78, 5) is 13.5. The third kappa shape index (κ3) is 3.09. The molecule has 1 heterocycles. The van der Waals surface area contributed by atoms with Crippen LogP contribution in [0.3, 0.4) is 0 Å². The fraction of sp³-hybridized carbons (Fsp3) is 0.909. The zero-order chi connectivity index (χ0) is 11.6. The van der Waals surface area contributed by atoms with E-state index in [1.807, 2.05) is 27.7 Å². The molecule has 0 saturated carbocycles. The maximum atomic E-state index is 11.8. The fourth-order valence-electron chi connectivity index (χ4n) is 1.83. The van der Waals surface area contributed by atoms with Crippen LogP contribution in [0.5, 0.6) is 0 Å². The van der Waals surface area contributed by atoms with Crippen LogP contribution >= 0.6 is 0 Å². The van der Waals surface area contributed by atoms with Gasteiger partial charge in [0.1, 0.15) is 5.60 Å². The third-order valence-electron chi connectivity index (χ3n) is 2.78. The third-order valence-corrected chi connectivity index (χ3v) is 2.78. The van der Waals surface area contributed by atoms with E-state index in [0.717, 1.165) is 6.42 Å². The van der Waals surface area contributed by atoms with Crippen molar-refractivity contribution in [1.82, 2.24) is 4.90 Å². The molecule has 1 aliphatic heterocycles. The SMILES string of the molecule is C[C@@H]1[C@@H](CO)CCN1C(=O)OC(C)(C)C. The van der Waals surface area contributed by atoms with E-state index in [0.29, 0.717) is 6.54 Å². The van der Waals surface area contributed by atoms with Crippen molar-refractivity contribution in [1.29, 1.82) is 0 Å². The van der Waals surface area contributed by atoms with Gasteiger partial charge in [0, 0.05) is 25.1 Å². The molecule has 0 spiro atoms. The Morgan fingerprint density at radius 3 is 2.53 bits per heavy atom. The second-order valence-corrected chi connectivity index (χ2v) is 5.15. The highest BCUT2D eigenvalue weighted by Crippen LogP contribution is 2.25. The number of aliphatic hydroxyl groups excluding tert-OH is 1. The van der Waals surface area contributed by atoms with Crippen LogP contribution in [-0.2, 0) is 4.74 Å². The van der Waals surface area contributed by atoms with Crippen molar-refractivity contribution in [2.75, 3.05) is 13.2 Å². The van der Waals surface area contributed by atoms with Crippen molar-refractivity contribution in [3.63, 3.8) is 0 Å². The van der Waals surface area contributed by atoms with Crippen molar-refractivity contribution in [3.05, 3.63) is 0 Å². The van der Waals surface area contributed by atoms with Crippen molar-refractivity contribution < 1.29 is 14.6 Å². The lowest BCUT2D eigenvalue weighted by atomic mass is 10.0. The molecule has 88 valence electrons. The van der Waals surface area contributed by atoms with E-state index in [9.17, 15) is 4.79 Å². The average Bonchev–Trinajstić information content (AvgIpc) is 2.43. The van der Waals surface area contributed by atoms with Gasteiger partial charge in [-0.15, -0.1) is 0 Å². The molecule has 0 aliphatic carbocycles. The Hall–Kier alpha value is -0.770. The molecule has 4 heteroatoms. The number of carbonyl (C=O) groups is 1. The van der Waals surface area contributed by atoms with E-state index in [2.05, 4.69) is 0 Å². The first-order valence-electron chi connectivity index (χ1n) is 5.45. The van der Waals surface area contributed by atoms with Crippen LogP contribution < -0.4 is 0 Å². The van der Waals surface area contributed by atoms with Gasteiger partial charge in [-0.1, -0.05) is 0 Å². The molecule has 0 aromatic rings. The maximum Gasteiger partial charge on any atom is 0.410 e. The minimum absolute atomic E-state index is 0.0739. The van der Waals surface area contributed by atoms with Gasteiger partial charge in [0.15, 0.2) is 0 Å². The minimum atomic E-state index is -0.450. The quantitative estimate of drug-likeness (QED) is 0.723. The molecule has 2 atom stereocenters. The van der Waals surface area contributed by atoms with Gasteiger partial charge in [-0.05, 0) is 34.1 Å². The first-order chi connectivity index (χ1) is 6.85. The molecule has 0 bridgehead atoms. The van der Waals surface area contributed by atoms with Gasteiger partial charge >= 0.3 is 6.09 Å². The van der Waals surface area contributed by atoms with Gasteiger partial charge in [0.05, 0.1) is 0 Å². The Bertz CT molecular complexity index is 234. The molecule has 0 aromatic heterocycles. The summed E-state index contributed by atoms with van der Waals surface area (Å²) < 4.78 is 5.29. The average molecular weight is 215 g/mol. The molecule has 0 unspecified atom stereocenters. The number of likely N-dealkylation sites (tertiary alicyclic amines) is 1. The van der Waals surface area contributed by atoms with Crippen molar-refractivity contribution >= 4 is 6.09 Å². The summed E-state index contributed by atoms with van der Waals surface area (Å²) in [5, 5.41) is 9.09. The summed E-state index contributed by atoms with van der Waals surface area (Å²) in [6.45, 7) is 8.35. The highest BCUT2D eigenvalue weighted by atomic mass is 16.6. The smallest absolute Gasteiger partial charge is 0.410 e. The van der Waals surface area contributed by atoms with Gasteiger partial charge in [-0.3, -0.25) is 0 Å². The second-order valence-electron chi connectivity index (χ2n) is 5.15. The van der Waals surface area contributed by atoms with E-state index >= 15 is 0 Å². The van der Waals surface area contributed by atoms with Gasteiger partial charge < -0.3 is 14.7 Å². The van der Waals surface area contributed by atoms with E-state index in [1.54, 1.807) is 4.90 Å². The Labute approximate surface area is 91.2 Å². The summed E-state index contributed by atoms with van der Waals surface area (Å²) in [5.41, 5.74) is -0.450. The van der Waals surface area contributed by atoms with Crippen molar-refractivity contribution in [3.8, 4) is 0 Å². The van der Waals surface area contributed by atoms with Crippen LogP contribution in [0, 0.1) is 5.92 Å². The van der Waals surface area contributed by atoms with Crippen LogP contribution in [0.1, 0.15) is 34.1 Å². The van der Waals surface area contributed by atoms with Crippen molar-refractivity contribution in [2.24, 2.45) is 5.92 Å². The van der Waals surface area contributed by atoms with Crippen LogP contribution in [0.15, 0.2) is 0 Å². The number of amides is 1. The van der Waals surface area contributed by atoms with E-state index in [1.165, 1.54) is 0 Å². The molecular formula is C11H21NO3. The molecule has 1 fully saturated rings. The topological polar surface area (TPSA) is 49.8 Å². The van der Waals surface area contributed by atoms with Crippen LogP contribution in [0.25, 0.3) is 0 Å². The van der Waals surface area contributed by atoms with Crippen LogP contribution in [0.2, 0.25) is 0 Å². The normalized spacial score (nSPS) is 26.9. The van der Waals surface area contributed by atoms with Gasteiger partial charge in [0.25, 0.3) is 0 Å². The van der Waals surface area contributed by atoms with Crippen molar-refractivity contribution in [2.45, 2.75) is 45.8 Å². The highest BCUT2D eigenvalue weighted by molar-refractivity contribution is 5.69. The Morgan fingerprint density at radius 1 is 1.53 bits per heavy atom. The van der Waals surface area contributed by atoms with E-state index in [4.69, 9.17) is 9.84 Å².